The van der Waals surface area contributed by atoms with Crippen LogP contribution in [-0.2, 0) is 52.4 Å². The number of fused-ring (bicyclic) bond motifs is 2. The van der Waals surface area contributed by atoms with Crippen molar-refractivity contribution in [1.82, 2.24) is 21.3 Å². The van der Waals surface area contributed by atoms with Crippen LogP contribution in [0.1, 0.15) is 211 Å². The highest BCUT2D eigenvalue weighted by molar-refractivity contribution is 5.29. The molecule has 5 nitrogen and oxygen atoms in total. The lowest BCUT2D eigenvalue weighted by Gasteiger charge is -2.57. The predicted molar refractivity (Wildman–Crippen MR) is 321 cm³/mol. The number of quaternary nitrogens is 1. The molecule has 0 amide bonds. The minimum absolute atomic E-state index is 0.342. The van der Waals surface area contributed by atoms with Crippen LogP contribution in [0.5, 0.6) is 0 Å². The third-order valence-electron chi connectivity index (χ3n) is 25.6. The highest BCUT2D eigenvalue weighted by Gasteiger charge is 2.53. The zero-order valence-electron chi connectivity index (χ0n) is 48.7. The van der Waals surface area contributed by atoms with E-state index in [1.807, 2.05) is 0 Å². The molecule has 20 rings (SSSR count). The Morgan fingerprint density at radius 1 is 0.278 bits per heavy atom. The molecule has 5 heteroatoms. The third-order valence-corrected chi connectivity index (χ3v) is 25.6. The van der Waals surface area contributed by atoms with Gasteiger partial charge in [-0.05, 0) is 284 Å². The fourth-order valence-corrected chi connectivity index (χ4v) is 23.8. The first-order valence-electron chi connectivity index (χ1n) is 33.7. The van der Waals surface area contributed by atoms with Crippen LogP contribution < -0.4 is 21.3 Å². The third kappa shape index (κ3) is 10.8. The van der Waals surface area contributed by atoms with Gasteiger partial charge in [-0.3, -0.25) is 0 Å². The molecule has 0 radical (unpaired) electrons. The molecule has 4 aromatic carbocycles. The molecule has 16 fully saturated rings. The van der Waals surface area contributed by atoms with Gasteiger partial charge in [0.1, 0.15) is 26.2 Å². The molecule has 0 heterocycles. The Balaban J connectivity index is 0.718. The van der Waals surface area contributed by atoms with Crippen LogP contribution in [0, 0.1) is 71.0 Å². The van der Waals surface area contributed by atoms with E-state index in [1.165, 1.54) is 211 Å². The Kier molecular flexibility index (Phi) is 13.3. The molecule has 4 atom stereocenters. The van der Waals surface area contributed by atoms with Gasteiger partial charge >= 0.3 is 0 Å². The van der Waals surface area contributed by atoms with Gasteiger partial charge in [-0.1, -0.05) is 72.8 Å². The number of benzene rings is 4. The molecule has 0 aromatic heterocycles. The zero-order chi connectivity index (χ0) is 52.2. The second-order valence-corrected chi connectivity index (χ2v) is 32.1. The van der Waals surface area contributed by atoms with Crippen LogP contribution in [-0.4, -0.2) is 26.6 Å². The van der Waals surface area contributed by atoms with Crippen molar-refractivity contribution in [3.8, 4) is 0 Å². The van der Waals surface area contributed by atoms with Crippen molar-refractivity contribution in [2.24, 2.45) is 71.0 Å². The van der Waals surface area contributed by atoms with E-state index in [4.69, 9.17) is 0 Å². The van der Waals surface area contributed by atoms with Crippen LogP contribution in [0.2, 0.25) is 0 Å². The minimum Gasteiger partial charge on any atom is -0.309 e. The molecule has 16 aliphatic rings. The Morgan fingerprint density at radius 3 is 0.759 bits per heavy atom. The smallest absolute Gasteiger partial charge is 0.105 e. The molecular formula is C74H100N5+. The number of nitrogens with zero attached hydrogens (tertiary/aromatic N) is 1. The van der Waals surface area contributed by atoms with E-state index in [0.29, 0.717) is 22.2 Å². The largest absolute Gasteiger partial charge is 0.309 e. The topological polar surface area (TPSA) is 48.1 Å². The molecule has 16 saturated carbocycles. The van der Waals surface area contributed by atoms with Crippen molar-refractivity contribution in [3.63, 3.8) is 0 Å². The molecule has 16 bridgehead atoms. The summed E-state index contributed by atoms with van der Waals surface area (Å²) >= 11 is 0. The minimum atomic E-state index is 0.342. The van der Waals surface area contributed by atoms with Crippen molar-refractivity contribution < 1.29 is 4.48 Å². The van der Waals surface area contributed by atoms with Gasteiger partial charge in [-0.15, -0.1) is 0 Å². The van der Waals surface area contributed by atoms with Gasteiger partial charge in [0.2, 0.25) is 0 Å². The average molecular weight is 1060 g/mol. The molecule has 16 aliphatic carbocycles. The summed E-state index contributed by atoms with van der Waals surface area (Å²) in [5.41, 5.74) is 13.3. The Labute approximate surface area is 477 Å². The molecule has 0 aliphatic heterocycles. The van der Waals surface area contributed by atoms with E-state index in [-0.39, 0.29) is 0 Å². The first kappa shape index (κ1) is 51.3. The molecular weight excluding hydrogens is 959 g/mol. The van der Waals surface area contributed by atoms with Gasteiger partial charge in [0.25, 0.3) is 0 Å². The average Bonchev–Trinajstić information content (AvgIpc) is 3.76. The predicted octanol–water partition coefficient (Wildman–Crippen LogP) is 15.6. The molecule has 4 N–H and O–H groups in total. The Morgan fingerprint density at radius 2 is 0.494 bits per heavy atom. The summed E-state index contributed by atoms with van der Waals surface area (Å²) in [4.78, 5) is 0. The molecule has 0 unspecified atom stereocenters. The van der Waals surface area contributed by atoms with Gasteiger partial charge in [-0.25, -0.2) is 0 Å². The van der Waals surface area contributed by atoms with E-state index < -0.39 is 0 Å². The van der Waals surface area contributed by atoms with Gasteiger partial charge in [0, 0.05) is 70.6 Å². The summed E-state index contributed by atoms with van der Waals surface area (Å²) < 4.78 is 0.967. The standard InChI is InChI=1S/C74H100N5/c1-5-53(43-75-71-15-13-51-17-61(33-71)25-62(18-51)34-71)21-57(9-1)47-79(49-59-11-3-7-55(23-59)45-77-73-37-65-27-66(38-73)29-67(28-65)39-73,50-60-12-4-8-56(24-60)46-78-74-40-68-30-69(41-74)32-70(31-68)42-74)48-58-10-2-6-54(22-58)44-76-72-16-14-52-19-63(35-72)26-64(20-52)36-72/h1-12,21-24,51-52,61-70,75-78H,13-20,25-50H2/q+1/t51?,52?,61-,62-,63-,64-,65?,66?,67?,68?,69?,70?,71?,72?,73?,74?,79?/m1/s1. The van der Waals surface area contributed by atoms with Crippen LogP contribution in [0.4, 0.5) is 0 Å². The molecule has 420 valence electrons. The van der Waals surface area contributed by atoms with Crippen molar-refractivity contribution >= 4 is 0 Å². The second kappa shape index (κ2) is 20.5. The summed E-state index contributed by atoms with van der Waals surface area (Å²) in [5.74, 6) is 11.5. The normalized spacial score (nSPS) is 40.5. The lowest BCUT2D eigenvalue weighted by atomic mass is 9.53. The Bertz CT molecular complexity index is 2550. The maximum Gasteiger partial charge on any atom is 0.105 e. The zero-order valence-corrected chi connectivity index (χ0v) is 48.7. The van der Waals surface area contributed by atoms with Crippen molar-refractivity contribution in [2.75, 3.05) is 0 Å². The summed E-state index contributed by atoms with van der Waals surface area (Å²) in [6.45, 7) is 8.00. The SMILES string of the molecule is c1cc(CNC23CC4CC(CC(C4)C2)C3)cc(C[N+](Cc2cccc(CNC34CC5CC(CC(C5)C3)C4)c2)(Cc2cccc(CNC34CCC5C[C@H](C[C@@H](C5)C3)C4)c2)Cc2cccc(CNC34CCC5C[C@H](C[C@@H](C5)C3)C4)c2)c1. The van der Waals surface area contributed by atoms with Gasteiger partial charge in [-0.2, -0.15) is 0 Å². The molecule has 0 spiro atoms. The van der Waals surface area contributed by atoms with E-state index in [9.17, 15) is 0 Å². The number of hydrogen-bond acceptors (Lipinski definition) is 4. The quantitative estimate of drug-likeness (QED) is 0.0666. The number of hydrogen-bond donors (Lipinski definition) is 4. The van der Waals surface area contributed by atoms with Gasteiger partial charge in [0.15, 0.2) is 0 Å². The van der Waals surface area contributed by atoms with Crippen LogP contribution in [0.25, 0.3) is 0 Å². The van der Waals surface area contributed by atoms with E-state index in [2.05, 4.69) is 118 Å². The van der Waals surface area contributed by atoms with E-state index >= 15 is 0 Å². The lowest BCUT2D eigenvalue weighted by molar-refractivity contribution is -0.978. The maximum absolute atomic E-state index is 4.35. The fourth-order valence-electron chi connectivity index (χ4n) is 23.8. The van der Waals surface area contributed by atoms with Crippen molar-refractivity contribution in [3.05, 3.63) is 142 Å². The first-order valence-corrected chi connectivity index (χ1v) is 33.7. The van der Waals surface area contributed by atoms with Crippen molar-refractivity contribution in [2.45, 2.75) is 241 Å². The van der Waals surface area contributed by atoms with E-state index in [1.54, 1.807) is 0 Å². The molecule has 79 heavy (non-hydrogen) atoms. The van der Waals surface area contributed by atoms with Crippen molar-refractivity contribution in [1.29, 1.82) is 0 Å². The lowest BCUT2D eigenvalue weighted by Crippen LogP contribution is -2.58. The summed E-state index contributed by atoms with van der Waals surface area (Å²) in [6.07, 6.45) is 37.7. The number of rotatable bonds is 20. The maximum atomic E-state index is 4.35. The van der Waals surface area contributed by atoms with Crippen LogP contribution in [0.15, 0.2) is 97.1 Å². The summed E-state index contributed by atoms with van der Waals surface area (Å²) in [5, 5.41) is 17.3. The molecule has 0 saturated heterocycles. The van der Waals surface area contributed by atoms with Gasteiger partial charge < -0.3 is 25.8 Å². The first-order chi connectivity index (χ1) is 38.6. The highest BCUT2D eigenvalue weighted by Crippen LogP contribution is 2.58. The monoisotopic (exact) mass is 1060 g/mol. The van der Waals surface area contributed by atoms with Gasteiger partial charge in [0.05, 0.1) is 0 Å². The van der Waals surface area contributed by atoms with Crippen LogP contribution >= 0.6 is 0 Å². The van der Waals surface area contributed by atoms with E-state index in [0.717, 1.165) is 128 Å². The summed E-state index contributed by atoms with van der Waals surface area (Å²) in [6, 6.07) is 40.0. The molecule has 4 aromatic rings. The number of nitrogens with one attached hydrogen (secondary N) is 4. The Hall–Kier alpha value is -3.32. The fraction of sp³-hybridized carbons (Fsp3) is 0.676. The highest BCUT2D eigenvalue weighted by atomic mass is 15.3. The van der Waals surface area contributed by atoms with Crippen LogP contribution in [0.3, 0.4) is 0 Å². The summed E-state index contributed by atoms with van der Waals surface area (Å²) in [7, 11) is 0. The second-order valence-electron chi connectivity index (χ2n) is 32.1.